The van der Waals surface area contributed by atoms with E-state index in [-0.39, 0.29) is 0 Å². The van der Waals surface area contributed by atoms with Gasteiger partial charge in [-0.2, -0.15) is 0 Å². The SMILES string of the molecule is c1ccc2sc(N3CCCN(C4CCOC4)CC3)nc2c1. The van der Waals surface area contributed by atoms with Gasteiger partial charge in [-0.1, -0.05) is 23.5 Å². The topological polar surface area (TPSA) is 28.6 Å². The van der Waals surface area contributed by atoms with Crippen molar-refractivity contribution in [2.75, 3.05) is 44.3 Å². The third-order valence-electron chi connectivity index (χ3n) is 4.51. The van der Waals surface area contributed by atoms with Crippen molar-refractivity contribution in [3.63, 3.8) is 0 Å². The normalized spacial score (nSPS) is 24.6. The minimum absolute atomic E-state index is 0.639. The summed E-state index contributed by atoms with van der Waals surface area (Å²) in [6, 6.07) is 9.07. The molecule has 0 spiro atoms. The van der Waals surface area contributed by atoms with Gasteiger partial charge >= 0.3 is 0 Å². The lowest BCUT2D eigenvalue weighted by molar-refractivity contribution is 0.148. The minimum Gasteiger partial charge on any atom is -0.380 e. The van der Waals surface area contributed by atoms with Crippen LogP contribution >= 0.6 is 11.3 Å². The molecule has 2 fully saturated rings. The first-order chi connectivity index (χ1) is 10.4. The molecule has 0 amide bonds. The Balaban J connectivity index is 1.48. The van der Waals surface area contributed by atoms with Crippen LogP contribution in [0.4, 0.5) is 5.13 Å². The van der Waals surface area contributed by atoms with Crippen molar-refractivity contribution in [2.45, 2.75) is 18.9 Å². The average Bonchev–Trinajstić information content (AvgIpc) is 3.12. The van der Waals surface area contributed by atoms with Crippen molar-refractivity contribution in [1.82, 2.24) is 9.88 Å². The van der Waals surface area contributed by atoms with E-state index in [9.17, 15) is 0 Å². The number of benzene rings is 1. The summed E-state index contributed by atoms with van der Waals surface area (Å²) in [5.74, 6) is 0. The number of aromatic nitrogens is 1. The van der Waals surface area contributed by atoms with Crippen molar-refractivity contribution >= 4 is 26.7 Å². The summed E-state index contributed by atoms with van der Waals surface area (Å²) in [6.07, 6.45) is 2.41. The Bertz CT molecular complexity index is 575. The van der Waals surface area contributed by atoms with Crippen LogP contribution in [0.2, 0.25) is 0 Å². The van der Waals surface area contributed by atoms with Gasteiger partial charge < -0.3 is 9.64 Å². The number of fused-ring (bicyclic) bond motifs is 1. The molecule has 112 valence electrons. The van der Waals surface area contributed by atoms with Gasteiger partial charge in [-0.15, -0.1) is 0 Å². The number of rotatable bonds is 2. The molecule has 1 aromatic carbocycles. The molecule has 1 aromatic heterocycles. The third kappa shape index (κ3) is 2.78. The number of nitrogens with zero attached hydrogens (tertiary/aromatic N) is 3. The van der Waals surface area contributed by atoms with Crippen molar-refractivity contribution in [3.8, 4) is 0 Å². The highest BCUT2D eigenvalue weighted by atomic mass is 32.1. The van der Waals surface area contributed by atoms with E-state index in [0.29, 0.717) is 6.04 Å². The minimum atomic E-state index is 0.639. The van der Waals surface area contributed by atoms with Crippen LogP contribution in [0.5, 0.6) is 0 Å². The van der Waals surface area contributed by atoms with Gasteiger partial charge in [0.25, 0.3) is 0 Å². The van der Waals surface area contributed by atoms with Gasteiger partial charge in [-0.05, 0) is 25.0 Å². The maximum absolute atomic E-state index is 5.54. The van der Waals surface area contributed by atoms with Gasteiger partial charge in [-0.25, -0.2) is 4.98 Å². The highest BCUT2D eigenvalue weighted by Gasteiger charge is 2.26. The van der Waals surface area contributed by atoms with Crippen LogP contribution in [0.3, 0.4) is 0 Å². The molecule has 2 aromatic rings. The monoisotopic (exact) mass is 303 g/mol. The molecule has 21 heavy (non-hydrogen) atoms. The molecule has 2 saturated heterocycles. The highest BCUT2D eigenvalue weighted by molar-refractivity contribution is 7.22. The van der Waals surface area contributed by atoms with E-state index < -0.39 is 0 Å². The molecule has 5 heteroatoms. The molecule has 0 N–H and O–H groups in total. The lowest BCUT2D eigenvalue weighted by Gasteiger charge is -2.26. The summed E-state index contributed by atoms with van der Waals surface area (Å²) in [6.45, 7) is 6.36. The van der Waals surface area contributed by atoms with E-state index >= 15 is 0 Å². The molecule has 3 heterocycles. The second-order valence-electron chi connectivity index (χ2n) is 5.86. The van der Waals surface area contributed by atoms with Gasteiger partial charge in [0.15, 0.2) is 5.13 Å². The molecule has 0 bridgehead atoms. The quantitative estimate of drug-likeness (QED) is 0.852. The van der Waals surface area contributed by atoms with Gasteiger partial charge in [0.1, 0.15) is 0 Å². The van der Waals surface area contributed by atoms with Crippen molar-refractivity contribution in [3.05, 3.63) is 24.3 Å². The fourth-order valence-electron chi connectivity index (χ4n) is 3.30. The van der Waals surface area contributed by atoms with E-state index in [1.165, 1.54) is 29.2 Å². The smallest absolute Gasteiger partial charge is 0.186 e. The molecule has 2 aliphatic rings. The van der Waals surface area contributed by atoms with Crippen molar-refractivity contribution < 1.29 is 4.74 Å². The zero-order valence-corrected chi connectivity index (χ0v) is 13.0. The molecule has 4 rings (SSSR count). The summed E-state index contributed by atoms with van der Waals surface area (Å²) in [5, 5.41) is 1.18. The summed E-state index contributed by atoms with van der Waals surface area (Å²) in [4.78, 5) is 9.87. The molecule has 0 radical (unpaired) electrons. The number of hydrogen-bond acceptors (Lipinski definition) is 5. The van der Waals surface area contributed by atoms with Gasteiger partial charge in [-0.3, -0.25) is 4.90 Å². The first-order valence-corrected chi connectivity index (χ1v) is 8.64. The van der Waals surface area contributed by atoms with Gasteiger partial charge in [0, 0.05) is 38.8 Å². The van der Waals surface area contributed by atoms with Crippen molar-refractivity contribution in [1.29, 1.82) is 0 Å². The van der Waals surface area contributed by atoms with E-state index in [0.717, 1.165) is 38.4 Å². The van der Waals surface area contributed by atoms with Crippen LogP contribution in [0.1, 0.15) is 12.8 Å². The summed E-state index contributed by atoms with van der Waals surface area (Å²) >= 11 is 1.82. The first-order valence-electron chi connectivity index (χ1n) is 7.82. The molecule has 4 nitrogen and oxygen atoms in total. The number of anilines is 1. The number of ether oxygens (including phenoxy) is 1. The summed E-state index contributed by atoms with van der Waals surface area (Å²) < 4.78 is 6.83. The molecule has 2 aliphatic heterocycles. The molecule has 0 saturated carbocycles. The van der Waals surface area contributed by atoms with Crippen molar-refractivity contribution in [2.24, 2.45) is 0 Å². The zero-order chi connectivity index (χ0) is 14.1. The fourth-order valence-corrected chi connectivity index (χ4v) is 4.32. The predicted octanol–water partition coefficient (Wildman–Crippen LogP) is 2.60. The second kappa shape index (κ2) is 5.91. The Hall–Kier alpha value is -1.17. The Morgan fingerprint density at radius 1 is 1.14 bits per heavy atom. The van der Waals surface area contributed by atoms with Crippen LogP contribution in [0, 0.1) is 0 Å². The van der Waals surface area contributed by atoms with Crippen LogP contribution in [0.25, 0.3) is 10.2 Å². The van der Waals surface area contributed by atoms with Crippen LogP contribution in [-0.4, -0.2) is 55.3 Å². The summed E-state index contributed by atoms with van der Waals surface area (Å²) in [5.41, 5.74) is 1.13. The Kier molecular flexibility index (Phi) is 3.80. The molecule has 1 atom stereocenters. The fraction of sp³-hybridized carbons (Fsp3) is 0.562. The standard InChI is InChI=1S/C16H21N3OS/c1-2-5-15-14(4-1)17-16(21-15)19-8-3-7-18(9-10-19)13-6-11-20-12-13/h1-2,4-5,13H,3,6-12H2. The largest absolute Gasteiger partial charge is 0.380 e. The van der Waals surface area contributed by atoms with E-state index in [2.05, 4.69) is 34.1 Å². The number of hydrogen-bond donors (Lipinski definition) is 0. The van der Waals surface area contributed by atoms with E-state index in [1.807, 2.05) is 11.3 Å². The van der Waals surface area contributed by atoms with Crippen LogP contribution in [0.15, 0.2) is 24.3 Å². The Morgan fingerprint density at radius 2 is 2.10 bits per heavy atom. The second-order valence-corrected chi connectivity index (χ2v) is 6.87. The zero-order valence-electron chi connectivity index (χ0n) is 12.2. The maximum atomic E-state index is 5.54. The lowest BCUT2D eigenvalue weighted by Crippen LogP contribution is -2.38. The van der Waals surface area contributed by atoms with Crippen LogP contribution in [-0.2, 0) is 4.74 Å². The third-order valence-corrected chi connectivity index (χ3v) is 5.60. The molecular formula is C16H21N3OS. The predicted molar refractivity (Wildman–Crippen MR) is 87.2 cm³/mol. The highest BCUT2D eigenvalue weighted by Crippen LogP contribution is 2.29. The molecule has 0 aliphatic carbocycles. The average molecular weight is 303 g/mol. The lowest BCUT2D eigenvalue weighted by atomic mass is 10.2. The van der Waals surface area contributed by atoms with Gasteiger partial charge in [0.05, 0.1) is 16.8 Å². The molecular weight excluding hydrogens is 282 g/mol. The Labute approximate surface area is 129 Å². The molecule has 1 unspecified atom stereocenters. The van der Waals surface area contributed by atoms with E-state index in [4.69, 9.17) is 9.72 Å². The Morgan fingerprint density at radius 3 is 2.95 bits per heavy atom. The van der Waals surface area contributed by atoms with Crippen LogP contribution < -0.4 is 4.90 Å². The van der Waals surface area contributed by atoms with Gasteiger partial charge in [0.2, 0.25) is 0 Å². The number of para-hydroxylation sites is 1. The van der Waals surface area contributed by atoms with E-state index in [1.54, 1.807) is 0 Å². The first kappa shape index (κ1) is 13.5. The summed E-state index contributed by atoms with van der Waals surface area (Å²) in [7, 11) is 0. The number of thiazole rings is 1. The maximum Gasteiger partial charge on any atom is 0.186 e.